The van der Waals surface area contributed by atoms with Crippen molar-refractivity contribution in [2.24, 2.45) is 0 Å². The van der Waals surface area contributed by atoms with Crippen molar-refractivity contribution >= 4 is 26.0 Å². The van der Waals surface area contributed by atoms with Crippen molar-refractivity contribution in [1.29, 1.82) is 0 Å². The molecule has 0 spiro atoms. The lowest BCUT2D eigenvalue weighted by atomic mass is 10.4. The van der Waals surface area contributed by atoms with Crippen LogP contribution in [0.4, 0.5) is 0 Å². The van der Waals surface area contributed by atoms with Crippen LogP contribution in [0.5, 0.6) is 0 Å². The number of alkyl halides is 1. The zero-order valence-corrected chi connectivity index (χ0v) is 10.4. The van der Waals surface area contributed by atoms with Gasteiger partial charge in [0.25, 0.3) is 0 Å². The van der Waals surface area contributed by atoms with Crippen LogP contribution in [0.1, 0.15) is 12.8 Å². The number of aromatic nitrogens is 1. The fourth-order valence-corrected chi connectivity index (χ4v) is 3.57. The highest BCUT2D eigenvalue weighted by Crippen LogP contribution is 2.38. The predicted molar refractivity (Wildman–Crippen MR) is 60.3 cm³/mol. The molecule has 0 amide bonds. The van der Waals surface area contributed by atoms with Crippen LogP contribution in [0.3, 0.4) is 0 Å². The molecule has 0 radical (unpaired) electrons. The average Bonchev–Trinajstić information content (AvgIpc) is 2.99. The lowest BCUT2D eigenvalue weighted by molar-refractivity contribution is 0.560. The van der Waals surface area contributed by atoms with Crippen molar-refractivity contribution in [3.63, 3.8) is 0 Å². The van der Waals surface area contributed by atoms with Crippen molar-refractivity contribution in [2.75, 3.05) is 5.33 Å². The summed E-state index contributed by atoms with van der Waals surface area (Å²) < 4.78 is 26.4. The molecular formula is C9H11BrN2O2S. The predicted octanol–water partition coefficient (Wildman–Crippen LogP) is 1.29. The van der Waals surface area contributed by atoms with Gasteiger partial charge in [0, 0.05) is 23.3 Å². The summed E-state index contributed by atoms with van der Waals surface area (Å²) in [4.78, 5) is 4.02. The topological polar surface area (TPSA) is 59.1 Å². The summed E-state index contributed by atoms with van der Waals surface area (Å²) in [5.74, 6) is 0. The minimum absolute atomic E-state index is 0.220. The molecule has 15 heavy (non-hydrogen) atoms. The van der Waals surface area contributed by atoms with Gasteiger partial charge in [-0.1, -0.05) is 15.9 Å². The van der Waals surface area contributed by atoms with Gasteiger partial charge in [-0.15, -0.1) is 0 Å². The summed E-state index contributed by atoms with van der Waals surface area (Å²) >= 11 is 3.32. The molecule has 1 heterocycles. The highest BCUT2D eigenvalue weighted by Gasteiger charge is 2.45. The quantitative estimate of drug-likeness (QED) is 0.850. The molecule has 0 unspecified atom stereocenters. The number of rotatable bonds is 4. The van der Waals surface area contributed by atoms with Crippen molar-refractivity contribution in [3.05, 3.63) is 24.5 Å². The average molecular weight is 291 g/mol. The van der Waals surface area contributed by atoms with Gasteiger partial charge in [-0.05, 0) is 25.0 Å². The SMILES string of the molecule is O=S(=O)(NC1(CBr)CC1)c1cccnc1. The summed E-state index contributed by atoms with van der Waals surface area (Å²) in [5.41, 5.74) is -0.269. The summed E-state index contributed by atoms with van der Waals surface area (Å²) in [6, 6.07) is 3.15. The van der Waals surface area contributed by atoms with E-state index in [0.717, 1.165) is 12.8 Å². The van der Waals surface area contributed by atoms with Crippen LogP contribution in [0, 0.1) is 0 Å². The van der Waals surface area contributed by atoms with Gasteiger partial charge in [0.2, 0.25) is 10.0 Å². The third kappa shape index (κ3) is 2.38. The maximum Gasteiger partial charge on any atom is 0.242 e. The molecule has 1 aromatic heterocycles. The summed E-state index contributed by atoms with van der Waals surface area (Å²) in [7, 11) is -3.41. The number of hydrogen-bond acceptors (Lipinski definition) is 3. The molecule has 1 N–H and O–H groups in total. The van der Waals surface area contributed by atoms with Crippen molar-refractivity contribution in [1.82, 2.24) is 9.71 Å². The van der Waals surface area contributed by atoms with Crippen molar-refractivity contribution in [2.45, 2.75) is 23.3 Å². The Morgan fingerprint density at radius 3 is 2.73 bits per heavy atom. The second kappa shape index (κ2) is 3.84. The van der Waals surface area contributed by atoms with Gasteiger partial charge in [-0.2, -0.15) is 0 Å². The Balaban J connectivity index is 2.22. The van der Waals surface area contributed by atoms with E-state index in [-0.39, 0.29) is 10.4 Å². The van der Waals surface area contributed by atoms with Crippen LogP contribution in [0.25, 0.3) is 0 Å². The molecule has 4 nitrogen and oxygen atoms in total. The Kier molecular flexibility index (Phi) is 2.83. The lowest BCUT2D eigenvalue weighted by Crippen LogP contribution is -2.38. The molecule has 1 fully saturated rings. The molecule has 1 aliphatic carbocycles. The number of nitrogens with one attached hydrogen (secondary N) is 1. The molecular weight excluding hydrogens is 280 g/mol. The van der Waals surface area contributed by atoms with Crippen LogP contribution in [0.15, 0.2) is 29.4 Å². The fraction of sp³-hybridized carbons (Fsp3) is 0.444. The molecule has 6 heteroatoms. The molecule has 0 aromatic carbocycles. The van der Waals surface area contributed by atoms with Crippen molar-refractivity contribution in [3.8, 4) is 0 Å². The number of nitrogens with zero attached hydrogens (tertiary/aromatic N) is 1. The van der Waals surface area contributed by atoms with Gasteiger partial charge in [0.1, 0.15) is 4.90 Å². The third-order valence-electron chi connectivity index (χ3n) is 2.40. The Bertz CT molecular complexity index is 442. The zero-order valence-electron chi connectivity index (χ0n) is 7.98. The van der Waals surface area contributed by atoms with Gasteiger partial charge in [-0.3, -0.25) is 4.98 Å². The molecule has 2 rings (SSSR count). The molecule has 1 saturated carbocycles. The minimum atomic E-state index is -3.41. The number of hydrogen-bond donors (Lipinski definition) is 1. The molecule has 0 atom stereocenters. The minimum Gasteiger partial charge on any atom is -0.263 e. The van der Waals surface area contributed by atoms with E-state index in [0.29, 0.717) is 5.33 Å². The first-order valence-corrected chi connectivity index (χ1v) is 7.18. The number of sulfonamides is 1. The Morgan fingerprint density at radius 1 is 1.53 bits per heavy atom. The first-order valence-electron chi connectivity index (χ1n) is 4.58. The standard InChI is InChI=1S/C9H11BrN2O2S/c10-7-9(3-4-9)12-15(13,14)8-2-1-5-11-6-8/h1-2,5-6,12H,3-4,7H2. The number of pyridine rings is 1. The van der Waals surface area contributed by atoms with E-state index in [2.05, 4.69) is 25.6 Å². The van der Waals surface area contributed by atoms with Crippen LogP contribution < -0.4 is 4.72 Å². The van der Waals surface area contributed by atoms with Crippen LogP contribution in [-0.2, 0) is 10.0 Å². The van der Waals surface area contributed by atoms with E-state index in [1.807, 2.05) is 0 Å². The smallest absolute Gasteiger partial charge is 0.242 e. The van der Waals surface area contributed by atoms with Gasteiger partial charge in [0.15, 0.2) is 0 Å². The van der Waals surface area contributed by atoms with Gasteiger partial charge < -0.3 is 0 Å². The van der Waals surface area contributed by atoms with Gasteiger partial charge in [-0.25, -0.2) is 13.1 Å². The first-order chi connectivity index (χ1) is 7.08. The maximum atomic E-state index is 11.9. The Labute approximate surface area is 97.3 Å². The largest absolute Gasteiger partial charge is 0.263 e. The van der Waals surface area contributed by atoms with E-state index < -0.39 is 10.0 Å². The normalized spacial score (nSPS) is 18.7. The molecule has 82 valence electrons. The summed E-state index contributed by atoms with van der Waals surface area (Å²) in [6.07, 6.45) is 4.68. The lowest BCUT2D eigenvalue weighted by Gasteiger charge is -2.13. The fourth-order valence-electron chi connectivity index (χ4n) is 1.26. The second-order valence-corrected chi connectivity index (χ2v) is 5.95. The van der Waals surface area contributed by atoms with E-state index in [1.54, 1.807) is 18.3 Å². The zero-order chi connectivity index (χ0) is 10.9. The molecule has 0 aliphatic heterocycles. The van der Waals surface area contributed by atoms with E-state index in [9.17, 15) is 8.42 Å². The monoisotopic (exact) mass is 290 g/mol. The Hall–Kier alpha value is -0.460. The first kappa shape index (κ1) is 11.0. The highest BCUT2D eigenvalue weighted by molar-refractivity contribution is 9.09. The highest BCUT2D eigenvalue weighted by atomic mass is 79.9. The molecule has 0 saturated heterocycles. The van der Waals surface area contributed by atoms with E-state index in [1.165, 1.54) is 6.20 Å². The van der Waals surface area contributed by atoms with E-state index in [4.69, 9.17) is 0 Å². The van der Waals surface area contributed by atoms with E-state index >= 15 is 0 Å². The second-order valence-electron chi connectivity index (χ2n) is 3.71. The van der Waals surface area contributed by atoms with Crippen LogP contribution in [-0.4, -0.2) is 24.3 Å². The van der Waals surface area contributed by atoms with Crippen molar-refractivity contribution < 1.29 is 8.42 Å². The molecule has 0 bridgehead atoms. The summed E-state index contributed by atoms with van der Waals surface area (Å²) in [5, 5.41) is 0.652. The molecule has 1 aromatic rings. The summed E-state index contributed by atoms with van der Waals surface area (Å²) in [6.45, 7) is 0. The van der Waals surface area contributed by atoms with Gasteiger partial charge in [0.05, 0.1) is 0 Å². The van der Waals surface area contributed by atoms with Gasteiger partial charge >= 0.3 is 0 Å². The molecule has 1 aliphatic rings. The Morgan fingerprint density at radius 2 is 2.27 bits per heavy atom. The third-order valence-corrected chi connectivity index (χ3v) is 5.04. The van der Waals surface area contributed by atoms with Crippen LogP contribution in [0.2, 0.25) is 0 Å². The number of halogens is 1. The maximum absolute atomic E-state index is 11.9. The van der Waals surface area contributed by atoms with Crippen LogP contribution >= 0.6 is 15.9 Å².